The van der Waals surface area contributed by atoms with E-state index in [1.54, 1.807) is 43.5 Å². The second-order valence-corrected chi connectivity index (χ2v) is 7.27. The third-order valence-corrected chi connectivity index (χ3v) is 5.14. The molecule has 0 spiro atoms. The van der Waals surface area contributed by atoms with Gasteiger partial charge in [0, 0.05) is 29.3 Å². The van der Waals surface area contributed by atoms with Crippen molar-refractivity contribution in [1.82, 2.24) is 0 Å². The molecule has 0 bridgehead atoms. The van der Waals surface area contributed by atoms with E-state index < -0.39 is 5.63 Å². The van der Waals surface area contributed by atoms with Crippen molar-refractivity contribution >= 4 is 22.6 Å². The second-order valence-electron chi connectivity index (χ2n) is 7.27. The zero-order chi connectivity index (χ0) is 22.8. The number of nitrogens with one attached hydrogen (secondary N) is 1. The number of ether oxygens (including phenoxy) is 4. The molecule has 33 heavy (non-hydrogen) atoms. The number of fused-ring (bicyclic) bond motifs is 2. The van der Waals surface area contributed by atoms with Gasteiger partial charge in [-0.2, -0.15) is 0 Å². The lowest BCUT2D eigenvalue weighted by Gasteiger charge is -2.10. The summed E-state index contributed by atoms with van der Waals surface area (Å²) >= 11 is 0. The first-order valence-corrected chi connectivity index (χ1v) is 10.1. The number of amides is 1. The van der Waals surface area contributed by atoms with E-state index in [0.717, 1.165) is 22.3 Å². The van der Waals surface area contributed by atoms with Crippen molar-refractivity contribution in [1.29, 1.82) is 0 Å². The number of carbonyl (C=O) groups is 1. The van der Waals surface area contributed by atoms with Crippen LogP contribution in [0.25, 0.3) is 22.1 Å². The Morgan fingerprint density at radius 2 is 1.73 bits per heavy atom. The molecule has 8 nitrogen and oxygen atoms in total. The van der Waals surface area contributed by atoms with Crippen molar-refractivity contribution in [3.05, 3.63) is 77.2 Å². The average molecular weight is 445 g/mol. The highest BCUT2D eigenvalue weighted by atomic mass is 16.7. The minimum Gasteiger partial charge on any atom is -0.497 e. The minimum atomic E-state index is -0.481. The summed E-state index contributed by atoms with van der Waals surface area (Å²) in [5, 5.41) is 3.49. The third kappa shape index (κ3) is 4.31. The smallest absolute Gasteiger partial charge is 0.336 e. The van der Waals surface area contributed by atoms with Crippen LogP contribution in [-0.2, 0) is 4.79 Å². The maximum atomic E-state index is 12.3. The van der Waals surface area contributed by atoms with E-state index in [9.17, 15) is 9.59 Å². The van der Waals surface area contributed by atoms with Crippen molar-refractivity contribution in [2.24, 2.45) is 0 Å². The number of carbonyl (C=O) groups excluding carboxylic acids is 1. The number of methoxy groups -OCH3 is 1. The standard InChI is InChI=1S/C25H19NO7/c1-29-17-5-2-15(3-6-17)20-12-25(28)33-22-11-18(7-8-19(20)22)30-13-24(27)26-16-4-9-21-23(10-16)32-14-31-21/h2-12H,13-14H2,1H3,(H,26,27). The summed E-state index contributed by atoms with van der Waals surface area (Å²) in [5.74, 6) is 1.99. The van der Waals surface area contributed by atoms with E-state index >= 15 is 0 Å². The Morgan fingerprint density at radius 3 is 2.55 bits per heavy atom. The fourth-order valence-electron chi connectivity index (χ4n) is 3.56. The Balaban J connectivity index is 1.32. The lowest BCUT2D eigenvalue weighted by molar-refractivity contribution is -0.118. The summed E-state index contributed by atoms with van der Waals surface area (Å²) in [6.07, 6.45) is 0. The van der Waals surface area contributed by atoms with Gasteiger partial charge in [-0.25, -0.2) is 4.79 Å². The molecule has 0 unspecified atom stereocenters. The van der Waals surface area contributed by atoms with Gasteiger partial charge in [0.2, 0.25) is 6.79 Å². The van der Waals surface area contributed by atoms with Gasteiger partial charge in [0.1, 0.15) is 17.1 Å². The average Bonchev–Trinajstić information content (AvgIpc) is 3.30. The van der Waals surface area contributed by atoms with E-state index in [4.69, 9.17) is 23.4 Å². The molecule has 3 aromatic carbocycles. The van der Waals surface area contributed by atoms with Crippen LogP contribution in [0.3, 0.4) is 0 Å². The number of rotatable bonds is 6. The van der Waals surface area contributed by atoms with E-state index in [2.05, 4.69) is 5.32 Å². The quantitative estimate of drug-likeness (QED) is 0.444. The van der Waals surface area contributed by atoms with E-state index in [-0.39, 0.29) is 19.3 Å². The first-order valence-electron chi connectivity index (χ1n) is 10.1. The van der Waals surface area contributed by atoms with Crippen LogP contribution in [0.2, 0.25) is 0 Å². The molecule has 1 N–H and O–H groups in total. The monoisotopic (exact) mass is 445 g/mol. The SMILES string of the molecule is COc1ccc(-c2cc(=O)oc3cc(OCC(=O)Nc4ccc5c(c4)OCO5)ccc23)cc1. The molecular formula is C25H19NO7. The van der Waals surface area contributed by atoms with Gasteiger partial charge < -0.3 is 28.7 Å². The fourth-order valence-corrected chi connectivity index (χ4v) is 3.56. The Labute approximate surface area is 188 Å². The molecular weight excluding hydrogens is 426 g/mol. The van der Waals surface area contributed by atoms with Crippen molar-refractivity contribution < 1.29 is 28.2 Å². The highest BCUT2D eigenvalue weighted by molar-refractivity contribution is 5.94. The number of hydrogen-bond donors (Lipinski definition) is 1. The number of benzene rings is 3. The van der Waals surface area contributed by atoms with Crippen molar-refractivity contribution in [2.75, 3.05) is 25.8 Å². The van der Waals surface area contributed by atoms with E-state index in [1.165, 1.54) is 6.07 Å². The van der Waals surface area contributed by atoms with Gasteiger partial charge in [-0.3, -0.25) is 4.79 Å². The summed E-state index contributed by atoms with van der Waals surface area (Å²) in [7, 11) is 1.60. The normalized spacial score (nSPS) is 11.9. The Kier molecular flexibility index (Phi) is 5.32. The predicted octanol–water partition coefficient (Wildman–Crippen LogP) is 4.21. The van der Waals surface area contributed by atoms with Crippen molar-refractivity contribution in [2.45, 2.75) is 0 Å². The highest BCUT2D eigenvalue weighted by Crippen LogP contribution is 2.34. The van der Waals surface area contributed by atoms with Crippen LogP contribution in [0.1, 0.15) is 0 Å². The zero-order valence-electron chi connectivity index (χ0n) is 17.6. The van der Waals surface area contributed by atoms with E-state index in [0.29, 0.717) is 28.5 Å². The topological polar surface area (TPSA) is 96.2 Å². The van der Waals surface area contributed by atoms with Gasteiger partial charge in [0.15, 0.2) is 18.1 Å². The van der Waals surface area contributed by atoms with Gasteiger partial charge in [-0.05, 0) is 47.5 Å². The second kappa shape index (κ2) is 8.58. The van der Waals surface area contributed by atoms with Gasteiger partial charge >= 0.3 is 5.63 Å². The maximum Gasteiger partial charge on any atom is 0.336 e. The molecule has 0 fully saturated rings. The van der Waals surface area contributed by atoms with Crippen LogP contribution in [0.4, 0.5) is 5.69 Å². The Bertz CT molecular complexity index is 1390. The predicted molar refractivity (Wildman–Crippen MR) is 121 cm³/mol. The molecule has 8 heteroatoms. The third-order valence-electron chi connectivity index (χ3n) is 5.14. The molecule has 0 saturated carbocycles. The molecule has 0 aliphatic carbocycles. The first-order chi connectivity index (χ1) is 16.1. The molecule has 5 rings (SSSR count). The summed E-state index contributed by atoms with van der Waals surface area (Å²) in [6, 6.07) is 19.1. The minimum absolute atomic E-state index is 0.161. The summed E-state index contributed by atoms with van der Waals surface area (Å²) in [5.41, 5.74) is 2.04. The van der Waals surface area contributed by atoms with Gasteiger partial charge in [0.05, 0.1) is 7.11 Å². The van der Waals surface area contributed by atoms with Crippen LogP contribution >= 0.6 is 0 Å². The van der Waals surface area contributed by atoms with Crippen LogP contribution in [0, 0.1) is 0 Å². The number of hydrogen-bond acceptors (Lipinski definition) is 7. The molecule has 1 amide bonds. The summed E-state index contributed by atoms with van der Waals surface area (Å²) in [4.78, 5) is 24.4. The molecule has 1 aliphatic heterocycles. The van der Waals surface area contributed by atoms with Gasteiger partial charge in [-0.15, -0.1) is 0 Å². The van der Waals surface area contributed by atoms with Crippen LogP contribution in [0.5, 0.6) is 23.0 Å². The molecule has 0 saturated heterocycles. The summed E-state index contributed by atoms with van der Waals surface area (Å²) in [6.45, 7) is -0.0591. The molecule has 4 aromatic rings. The first kappa shape index (κ1) is 20.4. The lowest BCUT2D eigenvalue weighted by Crippen LogP contribution is -2.20. The fraction of sp³-hybridized carbons (Fsp3) is 0.120. The zero-order valence-corrected chi connectivity index (χ0v) is 17.6. The molecule has 2 heterocycles. The molecule has 0 atom stereocenters. The lowest BCUT2D eigenvalue weighted by atomic mass is 10.0. The highest BCUT2D eigenvalue weighted by Gasteiger charge is 2.15. The maximum absolute atomic E-state index is 12.3. The van der Waals surface area contributed by atoms with Crippen LogP contribution in [0.15, 0.2) is 75.9 Å². The van der Waals surface area contributed by atoms with E-state index in [1.807, 2.05) is 24.3 Å². The van der Waals surface area contributed by atoms with Gasteiger partial charge in [-0.1, -0.05) is 12.1 Å². The number of anilines is 1. The van der Waals surface area contributed by atoms with Crippen LogP contribution in [-0.4, -0.2) is 26.4 Å². The van der Waals surface area contributed by atoms with Crippen LogP contribution < -0.4 is 29.9 Å². The molecule has 0 radical (unpaired) electrons. The summed E-state index contributed by atoms with van der Waals surface area (Å²) < 4.78 is 26.7. The largest absolute Gasteiger partial charge is 0.497 e. The molecule has 1 aliphatic rings. The molecule has 166 valence electrons. The van der Waals surface area contributed by atoms with Crippen molar-refractivity contribution in [3.8, 4) is 34.1 Å². The Morgan fingerprint density at radius 1 is 0.939 bits per heavy atom. The van der Waals surface area contributed by atoms with Gasteiger partial charge in [0.25, 0.3) is 5.91 Å². The Hall–Kier alpha value is -4.46. The molecule has 1 aromatic heterocycles. The van der Waals surface area contributed by atoms with Crippen molar-refractivity contribution in [3.63, 3.8) is 0 Å².